The van der Waals surface area contributed by atoms with Crippen LogP contribution >= 0.6 is 11.6 Å². The molecule has 0 amide bonds. The number of rotatable bonds is 9. The molecule has 5 rings (SSSR count). The van der Waals surface area contributed by atoms with Gasteiger partial charge in [-0.25, -0.2) is 19.2 Å². The van der Waals surface area contributed by atoms with Gasteiger partial charge in [-0.1, -0.05) is 54.1 Å². The number of carbonyl (C=O) groups is 3. The molecule has 0 spiro atoms. The Morgan fingerprint density at radius 2 is 1.48 bits per heavy atom. The summed E-state index contributed by atoms with van der Waals surface area (Å²) >= 11 is 5.99. The minimum atomic E-state index is -2.31. The number of carbonyl (C=O) groups excluding carboxylic acids is 3. The lowest BCUT2D eigenvalue weighted by Crippen LogP contribution is -2.87. The predicted molar refractivity (Wildman–Crippen MR) is 152 cm³/mol. The van der Waals surface area contributed by atoms with E-state index in [4.69, 9.17) is 30.5 Å². The maximum atomic E-state index is 13.3. The Labute approximate surface area is 253 Å². The fourth-order valence-electron chi connectivity index (χ4n) is 4.52. The van der Waals surface area contributed by atoms with Crippen molar-refractivity contribution in [2.24, 2.45) is 0 Å². The van der Waals surface area contributed by atoms with E-state index in [2.05, 4.69) is 4.98 Å². The standard InChI is InChI=1S/C30H23ClN4O9/c31-21-13-7-12-20(16-21)26(37)41-17-30(34-32)24(43-28(39)19-10-5-2-6-11-19)23(42-27(38)18-8-3-1-4-9-18)25(44-30)35-15-14-22(36)33-29(35)40/h1-16,23-25,34H,17H2,(H,33,36,40)/t23-,24?,25+,30+/m0/s1. The lowest BCUT2D eigenvalue weighted by molar-refractivity contribution is -0.646. The van der Waals surface area contributed by atoms with Crippen LogP contribution in [0.4, 0.5) is 0 Å². The van der Waals surface area contributed by atoms with Crippen LogP contribution in [0, 0.1) is 0 Å². The predicted octanol–water partition coefficient (Wildman–Crippen LogP) is 1.83. The summed E-state index contributed by atoms with van der Waals surface area (Å²) in [6.45, 7) is -0.824. The van der Waals surface area contributed by atoms with Crippen molar-refractivity contribution in [3.63, 3.8) is 0 Å². The number of benzene rings is 3. The van der Waals surface area contributed by atoms with Crippen molar-refractivity contribution in [2.45, 2.75) is 24.2 Å². The monoisotopic (exact) mass is 618 g/mol. The fraction of sp³-hybridized carbons (Fsp3) is 0.167. The summed E-state index contributed by atoms with van der Waals surface area (Å²) in [5.74, 6) is -2.70. The van der Waals surface area contributed by atoms with Gasteiger partial charge in [-0.2, -0.15) is 0 Å². The lowest BCUT2D eigenvalue weighted by Gasteiger charge is -2.27. The average Bonchev–Trinajstić information content (AvgIpc) is 3.33. The van der Waals surface area contributed by atoms with E-state index in [9.17, 15) is 29.5 Å². The number of hydrogen-bond acceptors (Lipinski definition) is 9. The van der Waals surface area contributed by atoms with Crippen LogP contribution in [0.15, 0.2) is 107 Å². The number of H-pyrrole nitrogens is 1. The van der Waals surface area contributed by atoms with E-state index in [1.165, 1.54) is 42.5 Å². The zero-order valence-electron chi connectivity index (χ0n) is 22.6. The molecule has 4 aromatic rings. The third-order valence-corrected chi connectivity index (χ3v) is 6.89. The number of aromatic amines is 1. The van der Waals surface area contributed by atoms with Crippen molar-refractivity contribution in [3.05, 3.63) is 145 Å². The van der Waals surface area contributed by atoms with Crippen molar-refractivity contribution >= 4 is 29.5 Å². The quantitative estimate of drug-likeness (QED) is 0.161. The largest absolute Gasteiger partial charge is 0.506 e. The molecule has 2 N–H and O–H groups in total. The molecule has 0 saturated carbocycles. The molecule has 0 aliphatic carbocycles. The highest BCUT2D eigenvalue weighted by Gasteiger charge is 2.65. The summed E-state index contributed by atoms with van der Waals surface area (Å²) in [6, 6.07) is 22.4. The first kappa shape index (κ1) is 30.1. The molecule has 0 radical (unpaired) electrons. The Bertz CT molecular complexity index is 1810. The first-order chi connectivity index (χ1) is 21.2. The van der Waals surface area contributed by atoms with Gasteiger partial charge in [0.15, 0.2) is 18.9 Å². The van der Waals surface area contributed by atoms with E-state index < -0.39 is 59.9 Å². The van der Waals surface area contributed by atoms with Crippen LogP contribution in [-0.4, -0.2) is 52.0 Å². The molecule has 14 heteroatoms. The van der Waals surface area contributed by atoms with Crippen molar-refractivity contribution in [1.29, 1.82) is 0 Å². The Balaban J connectivity index is 1.58. The SMILES string of the molecule is [N-]=[NH+][C@]1(COC(=O)c2cccc(Cl)c2)O[C@@H](n2ccc(=O)[nH]c2=O)[C@@H](OC(=O)c2ccccc2)C1OC(=O)c1ccccc1. The molecular weight excluding hydrogens is 596 g/mol. The molecule has 224 valence electrons. The Morgan fingerprint density at radius 3 is 2.07 bits per heavy atom. The smallest absolute Gasteiger partial charge is 0.338 e. The molecule has 3 aromatic carbocycles. The second kappa shape index (κ2) is 12.9. The van der Waals surface area contributed by atoms with E-state index >= 15 is 0 Å². The first-order valence-corrected chi connectivity index (χ1v) is 13.4. The normalized spacial score (nSPS) is 20.8. The summed E-state index contributed by atoms with van der Waals surface area (Å²) in [4.78, 5) is 66.2. The lowest BCUT2D eigenvalue weighted by atomic mass is 10.0. The molecule has 13 nitrogen and oxygen atoms in total. The second-order valence-corrected chi connectivity index (χ2v) is 9.98. The summed E-state index contributed by atoms with van der Waals surface area (Å²) < 4.78 is 23.9. The van der Waals surface area contributed by atoms with Gasteiger partial charge >= 0.3 is 29.3 Å². The van der Waals surface area contributed by atoms with Crippen molar-refractivity contribution in [3.8, 4) is 0 Å². The van der Waals surface area contributed by atoms with Crippen LogP contribution in [-0.2, 0) is 18.9 Å². The molecular formula is C30H23ClN4O9. The summed E-state index contributed by atoms with van der Waals surface area (Å²) in [6.07, 6.45) is -3.95. The fourth-order valence-corrected chi connectivity index (χ4v) is 4.71. The van der Waals surface area contributed by atoms with Gasteiger partial charge < -0.3 is 24.9 Å². The van der Waals surface area contributed by atoms with E-state index in [0.717, 1.165) is 16.8 Å². The number of nitrogens with zero attached hydrogens (tertiary/aromatic N) is 2. The van der Waals surface area contributed by atoms with Gasteiger partial charge in [-0.3, -0.25) is 19.1 Å². The molecule has 2 heterocycles. The van der Waals surface area contributed by atoms with E-state index in [0.29, 0.717) is 0 Å². The van der Waals surface area contributed by atoms with Gasteiger partial charge in [0.2, 0.25) is 6.10 Å². The van der Waals surface area contributed by atoms with Crippen molar-refractivity contribution in [1.82, 2.24) is 9.55 Å². The second-order valence-electron chi connectivity index (χ2n) is 9.54. The number of hydrogen-bond donors (Lipinski definition) is 2. The number of halogens is 1. The molecule has 1 fully saturated rings. The molecule has 0 bridgehead atoms. The molecule has 1 aliphatic rings. The summed E-state index contributed by atoms with van der Waals surface area (Å²) in [5, 5.41) is 2.15. The molecule has 1 saturated heterocycles. The number of nitrogens with one attached hydrogen (secondary N) is 2. The summed E-state index contributed by atoms with van der Waals surface area (Å²) in [5.41, 5.74) is 6.73. The zero-order valence-corrected chi connectivity index (χ0v) is 23.4. The number of aromatic nitrogens is 2. The highest BCUT2D eigenvalue weighted by atomic mass is 35.5. The van der Waals surface area contributed by atoms with Crippen LogP contribution in [0.2, 0.25) is 5.02 Å². The van der Waals surface area contributed by atoms with Crippen LogP contribution < -0.4 is 16.4 Å². The highest BCUT2D eigenvalue weighted by Crippen LogP contribution is 2.38. The molecule has 1 unspecified atom stereocenters. The van der Waals surface area contributed by atoms with Gasteiger partial charge in [0.05, 0.1) is 16.7 Å². The Hall–Kier alpha value is -5.40. The van der Waals surface area contributed by atoms with E-state index in [-0.39, 0.29) is 21.7 Å². The minimum absolute atomic E-state index is 0.0573. The van der Waals surface area contributed by atoms with Gasteiger partial charge in [0.25, 0.3) is 5.56 Å². The van der Waals surface area contributed by atoms with Crippen LogP contribution in [0.1, 0.15) is 37.3 Å². The van der Waals surface area contributed by atoms with Gasteiger partial charge in [0, 0.05) is 17.3 Å². The third kappa shape index (κ3) is 6.33. The minimum Gasteiger partial charge on any atom is -0.506 e. The van der Waals surface area contributed by atoms with Crippen LogP contribution in [0.3, 0.4) is 0 Å². The Kier molecular flexibility index (Phi) is 8.78. The average molecular weight is 619 g/mol. The third-order valence-electron chi connectivity index (χ3n) is 6.66. The summed E-state index contributed by atoms with van der Waals surface area (Å²) in [7, 11) is 0. The van der Waals surface area contributed by atoms with Gasteiger partial charge in [-0.15, -0.1) is 0 Å². The van der Waals surface area contributed by atoms with Crippen molar-refractivity contribution in [2.75, 3.05) is 6.61 Å². The molecule has 4 atom stereocenters. The van der Waals surface area contributed by atoms with Crippen molar-refractivity contribution < 1.29 is 38.4 Å². The van der Waals surface area contributed by atoms with Crippen LogP contribution in [0.5, 0.6) is 0 Å². The van der Waals surface area contributed by atoms with Crippen LogP contribution in [0.25, 0.3) is 5.53 Å². The highest BCUT2D eigenvalue weighted by molar-refractivity contribution is 6.30. The van der Waals surface area contributed by atoms with Gasteiger partial charge in [-0.05, 0) is 42.5 Å². The Morgan fingerprint density at radius 1 is 0.864 bits per heavy atom. The first-order valence-electron chi connectivity index (χ1n) is 13.1. The zero-order chi connectivity index (χ0) is 31.3. The molecule has 44 heavy (non-hydrogen) atoms. The molecule has 1 aromatic heterocycles. The van der Waals surface area contributed by atoms with Gasteiger partial charge in [0.1, 0.15) is 0 Å². The van der Waals surface area contributed by atoms with E-state index in [1.807, 2.05) is 5.11 Å². The van der Waals surface area contributed by atoms with E-state index in [1.54, 1.807) is 42.5 Å². The number of ether oxygens (including phenoxy) is 4. The maximum absolute atomic E-state index is 13.3. The maximum Gasteiger partial charge on any atom is 0.338 e. The topological polar surface area (TPSA) is 179 Å². The number of esters is 3. The molecule has 1 aliphatic heterocycles.